The van der Waals surface area contributed by atoms with Gasteiger partial charge in [-0.05, 0) is 81.9 Å². The lowest BCUT2D eigenvalue weighted by molar-refractivity contribution is 0.632. The van der Waals surface area contributed by atoms with Crippen molar-refractivity contribution in [2.75, 3.05) is 9.80 Å². The second-order valence-electron chi connectivity index (χ2n) is 22.5. The van der Waals surface area contributed by atoms with Gasteiger partial charge in [0.25, 0.3) is 0 Å². The maximum atomic E-state index is 5.79. The molecule has 0 unspecified atom stereocenters. The van der Waals surface area contributed by atoms with Crippen LogP contribution in [0.25, 0.3) is 89.4 Å². The molecule has 0 saturated heterocycles. The molecule has 82 heavy (non-hydrogen) atoms. The van der Waals surface area contributed by atoms with Gasteiger partial charge in [-0.3, -0.25) is 0 Å². The third-order valence-corrected chi connectivity index (χ3v) is 17.1. The summed E-state index contributed by atoms with van der Waals surface area (Å²) in [6, 6.07) is 95.0. The van der Waals surface area contributed by atoms with Crippen molar-refractivity contribution in [3.05, 3.63) is 289 Å². The van der Waals surface area contributed by atoms with Crippen LogP contribution in [0.3, 0.4) is 0 Å². The van der Waals surface area contributed by atoms with E-state index in [1.54, 1.807) is 0 Å². The van der Waals surface area contributed by atoms with Crippen LogP contribution in [0.5, 0.6) is 0 Å². The third-order valence-electron chi connectivity index (χ3n) is 17.1. The van der Waals surface area contributed by atoms with Crippen molar-refractivity contribution < 1.29 is 0 Å². The molecule has 4 heterocycles. The molecule has 2 aliphatic rings. The van der Waals surface area contributed by atoms with Crippen molar-refractivity contribution in [3.8, 4) is 67.3 Å². The highest BCUT2D eigenvalue weighted by Gasteiger charge is 2.39. The van der Waals surface area contributed by atoms with Gasteiger partial charge in [0.05, 0.1) is 67.9 Å². The minimum absolute atomic E-state index is 0.228. The van der Waals surface area contributed by atoms with Crippen LogP contribution in [-0.2, 0) is 10.8 Å². The number of rotatable bonds is 8. The third kappa shape index (κ3) is 7.77. The Morgan fingerprint density at radius 1 is 0.220 bits per heavy atom. The van der Waals surface area contributed by atoms with Crippen LogP contribution in [0.15, 0.2) is 267 Å². The van der Waals surface area contributed by atoms with Gasteiger partial charge in [-0.1, -0.05) is 246 Å². The Labute approximate surface area is 478 Å². The number of benzene rings is 11. The van der Waals surface area contributed by atoms with E-state index in [2.05, 4.69) is 304 Å². The van der Waals surface area contributed by atoms with E-state index in [0.29, 0.717) is 0 Å². The molecule has 0 aliphatic carbocycles. The second-order valence-corrected chi connectivity index (χ2v) is 22.5. The molecule has 6 nitrogen and oxygen atoms in total. The van der Waals surface area contributed by atoms with Gasteiger partial charge in [0.15, 0.2) is 0 Å². The van der Waals surface area contributed by atoms with Crippen molar-refractivity contribution in [1.29, 1.82) is 0 Å². The van der Waals surface area contributed by atoms with Crippen molar-refractivity contribution in [3.63, 3.8) is 0 Å². The first-order chi connectivity index (χ1) is 40.2. The highest BCUT2D eigenvalue weighted by molar-refractivity contribution is 6.08. The van der Waals surface area contributed by atoms with Crippen LogP contribution in [0.1, 0.15) is 49.9 Å². The predicted octanol–water partition coefficient (Wildman–Crippen LogP) is 19.8. The van der Waals surface area contributed by atoms with Crippen molar-refractivity contribution >= 4 is 56.2 Å². The maximum Gasteiger partial charge on any atom is 0.114 e. The van der Waals surface area contributed by atoms with Crippen LogP contribution in [0, 0.1) is 0 Å². The first-order valence-corrected chi connectivity index (χ1v) is 28.2. The fraction of sp³-hybridized carbons (Fsp3) is 0.0789. The van der Waals surface area contributed by atoms with E-state index in [4.69, 9.17) is 19.9 Å². The molecule has 0 radical (unpaired) electrons. The molecule has 0 spiro atoms. The van der Waals surface area contributed by atoms with Crippen LogP contribution in [0.2, 0.25) is 0 Å². The van der Waals surface area contributed by atoms with E-state index < -0.39 is 0 Å². The smallest absolute Gasteiger partial charge is 0.114 e. The number of nitrogens with zero attached hydrogens (tertiary/aromatic N) is 6. The summed E-state index contributed by atoms with van der Waals surface area (Å²) >= 11 is 0. The van der Waals surface area contributed by atoms with E-state index >= 15 is 0 Å². The lowest BCUT2D eigenvalue weighted by Crippen LogP contribution is -2.30. The van der Waals surface area contributed by atoms with Crippen molar-refractivity contribution in [1.82, 2.24) is 19.9 Å². The highest BCUT2D eigenvalue weighted by Crippen LogP contribution is 2.55. The lowest BCUT2D eigenvalue weighted by atomic mass is 9.73. The number of hydrogen-bond acceptors (Lipinski definition) is 6. The van der Waals surface area contributed by atoms with Gasteiger partial charge in [0.2, 0.25) is 0 Å². The molecule has 390 valence electrons. The number of aromatic nitrogens is 4. The zero-order valence-corrected chi connectivity index (χ0v) is 46.1. The predicted molar refractivity (Wildman–Crippen MR) is 339 cm³/mol. The number of anilines is 6. The topological polar surface area (TPSA) is 58.0 Å². The van der Waals surface area contributed by atoms with Gasteiger partial charge < -0.3 is 9.80 Å². The maximum absolute atomic E-state index is 5.79. The van der Waals surface area contributed by atoms with Gasteiger partial charge in [-0.2, -0.15) is 0 Å². The van der Waals surface area contributed by atoms with Crippen LogP contribution < -0.4 is 9.80 Å². The summed E-state index contributed by atoms with van der Waals surface area (Å²) in [6.45, 7) is 9.31. The Balaban J connectivity index is 0.953. The molecular weight excluding hydrogens is 997 g/mol. The minimum atomic E-state index is -0.228. The molecule has 11 aromatic carbocycles. The summed E-state index contributed by atoms with van der Waals surface area (Å²) in [4.78, 5) is 27.9. The molecule has 0 fully saturated rings. The molecular formula is C76H56N6. The van der Waals surface area contributed by atoms with Crippen molar-refractivity contribution in [2.24, 2.45) is 0 Å². The molecule has 0 atom stereocenters. The van der Waals surface area contributed by atoms with Crippen LogP contribution >= 0.6 is 0 Å². The average molecular weight is 1050 g/mol. The standard InChI is InChI=1S/C76H56N6/c1-75(2)57-33-17-21-37-61(57)81(62-38-22-18-34-58(62)75)65-47-45-55(71-73(65)79-69(53-29-13-7-14-30-53)67(77-71)51-25-9-5-10-26-51)49-41-43-50(44-42-49)56-46-48-66(82-63-39-23-19-35-59(63)76(3,4)60-36-20-24-40-64(60)82)74-72(56)78-68(52-27-11-6-12-28-52)70(80-74)54-31-15-8-16-32-54/h5-48H,1-4H3. The molecule has 0 amide bonds. The average Bonchev–Trinajstić information content (AvgIpc) is 2.50. The zero-order chi connectivity index (χ0) is 55.1. The monoisotopic (exact) mass is 1050 g/mol. The second kappa shape index (κ2) is 19.2. The fourth-order valence-corrected chi connectivity index (χ4v) is 12.9. The Morgan fingerprint density at radius 2 is 0.463 bits per heavy atom. The van der Waals surface area contributed by atoms with E-state index in [1.807, 2.05) is 0 Å². The number of hydrogen-bond donors (Lipinski definition) is 0. The summed E-state index contributed by atoms with van der Waals surface area (Å²) in [5, 5.41) is 0. The number of fused-ring (bicyclic) bond motifs is 6. The number of para-hydroxylation sites is 4. The first kappa shape index (κ1) is 48.8. The molecule has 0 N–H and O–H groups in total. The Bertz CT molecular complexity index is 4220. The molecule has 15 rings (SSSR count). The molecule has 0 bridgehead atoms. The van der Waals surface area contributed by atoms with Crippen molar-refractivity contribution in [2.45, 2.75) is 38.5 Å². The summed E-state index contributed by atoms with van der Waals surface area (Å²) in [5.41, 5.74) is 25.6. The van der Waals surface area contributed by atoms with Gasteiger partial charge in [-0.15, -0.1) is 0 Å². The van der Waals surface area contributed by atoms with E-state index in [1.165, 1.54) is 22.3 Å². The molecule has 13 aromatic rings. The van der Waals surface area contributed by atoms with Gasteiger partial charge in [-0.25, -0.2) is 19.9 Å². The van der Waals surface area contributed by atoms with E-state index in [-0.39, 0.29) is 10.8 Å². The Kier molecular flexibility index (Phi) is 11.4. The van der Waals surface area contributed by atoms with Crippen LogP contribution in [0.4, 0.5) is 34.1 Å². The van der Waals surface area contributed by atoms with E-state index in [0.717, 1.165) is 123 Å². The fourth-order valence-electron chi connectivity index (χ4n) is 12.9. The van der Waals surface area contributed by atoms with Gasteiger partial charge in [0.1, 0.15) is 11.0 Å². The van der Waals surface area contributed by atoms with Gasteiger partial charge >= 0.3 is 0 Å². The minimum Gasteiger partial charge on any atom is -0.308 e. The summed E-state index contributed by atoms with van der Waals surface area (Å²) < 4.78 is 0. The largest absolute Gasteiger partial charge is 0.308 e. The zero-order valence-electron chi connectivity index (χ0n) is 46.1. The Hall–Kier alpha value is -10.3. The molecule has 2 aromatic heterocycles. The van der Waals surface area contributed by atoms with E-state index in [9.17, 15) is 0 Å². The molecule has 2 aliphatic heterocycles. The quantitative estimate of drug-likeness (QED) is 0.151. The molecule has 6 heteroatoms. The normalized spacial score (nSPS) is 13.8. The molecule has 0 saturated carbocycles. The summed E-state index contributed by atoms with van der Waals surface area (Å²) in [7, 11) is 0. The highest BCUT2D eigenvalue weighted by atomic mass is 15.2. The Morgan fingerprint density at radius 3 is 0.744 bits per heavy atom. The SMILES string of the molecule is CC1(C)c2ccccc2N(c2ccc(-c3ccc(-c4ccc(N5c6ccccc6C(C)(C)c6ccccc65)c5nc(-c6ccccc6)c(-c6ccccc6)nc45)cc3)c3nc(-c4ccccc4)c(-c4ccccc4)nc23)c2ccccc21. The summed E-state index contributed by atoms with van der Waals surface area (Å²) in [6.07, 6.45) is 0. The van der Waals surface area contributed by atoms with Crippen LogP contribution in [-0.4, -0.2) is 19.9 Å². The van der Waals surface area contributed by atoms with Gasteiger partial charge in [0, 0.05) is 44.2 Å². The summed E-state index contributed by atoms with van der Waals surface area (Å²) in [5.74, 6) is 0. The lowest BCUT2D eigenvalue weighted by Gasteiger charge is -2.42. The first-order valence-electron chi connectivity index (χ1n) is 28.2.